The van der Waals surface area contributed by atoms with Gasteiger partial charge in [-0.3, -0.25) is 9.59 Å². The number of rotatable bonds is 2. The molecule has 0 amide bonds. The molecule has 6 aromatic rings. The van der Waals surface area contributed by atoms with Gasteiger partial charge in [0.15, 0.2) is 20.2 Å². The molecule has 0 bridgehead atoms. The molecular weight excluding hydrogens is 701 g/mol. The lowest BCUT2D eigenvalue weighted by Crippen LogP contribution is -2.23. The highest BCUT2D eigenvalue weighted by Crippen LogP contribution is 2.58. The summed E-state index contributed by atoms with van der Waals surface area (Å²) in [6.45, 7) is 0. The molecule has 6 aromatic carbocycles. The maximum Gasteiger partial charge on any atom is 0.195 e. The molecular formula is C38H22Cl6O2. The summed E-state index contributed by atoms with van der Waals surface area (Å²) in [5.41, 5.74) is 9.75. The van der Waals surface area contributed by atoms with E-state index in [0.717, 1.165) is 49.9 Å². The molecule has 2 aliphatic carbocycles. The van der Waals surface area contributed by atoms with Crippen molar-refractivity contribution in [1.82, 2.24) is 0 Å². The van der Waals surface area contributed by atoms with E-state index in [1.807, 2.05) is 72.8 Å². The smallest absolute Gasteiger partial charge is 0.195 e. The third kappa shape index (κ3) is 5.95. The molecule has 0 unspecified atom stereocenters. The highest BCUT2D eigenvalue weighted by molar-refractivity contribution is 6.63. The molecule has 0 spiro atoms. The van der Waals surface area contributed by atoms with Crippen LogP contribution in [0.25, 0.3) is 55.3 Å². The second kappa shape index (κ2) is 13.8. The third-order valence-corrected chi connectivity index (χ3v) is 7.94. The zero-order valence-electron chi connectivity index (χ0n) is 23.8. The minimum atomic E-state index is -0.750. The van der Waals surface area contributed by atoms with Gasteiger partial charge in [0, 0.05) is 33.4 Å². The van der Waals surface area contributed by atoms with Crippen molar-refractivity contribution in [3.63, 3.8) is 0 Å². The molecule has 0 heterocycles. The van der Waals surface area contributed by atoms with E-state index in [4.69, 9.17) is 69.6 Å². The Balaban J connectivity index is 0.000000420. The SMILES string of the molecule is ClC(Cl)Cl.ClC(Cl)Cl.O=C1c2ccccc2C(=O)c2c1c(-c1ccccc1)c1c(c2-c2ccccc2)-c2cccc3cccc-1c23. The summed E-state index contributed by atoms with van der Waals surface area (Å²) in [6.07, 6.45) is 0. The van der Waals surface area contributed by atoms with Crippen LogP contribution in [-0.2, 0) is 0 Å². The van der Waals surface area contributed by atoms with Crippen molar-refractivity contribution < 1.29 is 9.59 Å². The summed E-state index contributed by atoms with van der Waals surface area (Å²) in [5, 5.41) is 2.31. The number of hydrogen-bond acceptors (Lipinski definition) is 2. The van der Waals surface area contributed by atoms with Crippen LogP contribution in [0.2, 0.25) is 0 Å². The van der Waals surface area contributed by atoms with Crippen LogP contribution in [-0.4, -0.2) is 20.2 Å². The maximum atomic E-state index is 14.4. The number of ketones is 2. The second-order valence-corrected chi connectivity index (χ2v) is 14.3. The van der Waals surface area contributed by atoms with Crippen LogP contribution in [0.15, 0.2) is 121 Å². The first kappa shape index (κ1) is 32.6. The number of carbonyl (C=O) groups is 2. The summed E-state index contributed by atoms with van der Waals surface area (Å²) in [7, 11) is 0. The number of carbonyl (C=O) groups excluding carboxylic acids is 2. The molecule has 0 aromatic heterocycles. The summed E-state index contributed by atoms with van der Waals surface area (Å²) < 4.78 is -1.50. The number of alkyl halides is 6. The third-order valence-electron chi connectivity index (χ3n) is 7.94. The van der Waals surface area contributed by atoms with E-state index in [2.05, 4.69) is 36.4 Å². The Morgan fingerprint density at radius 1 is 0.348 bits per heavy atom. The number of halogens is 6. The summed E-state index contributed by atoms with van der Waals surface area (Å²) in [6, 6.07) is 40.0. The number of benzene rings is 6. The van der Waals surface area contributed by atoms with Gasteiger partial charge in [-0.25, -0.2) is 0 Å². The number of fused-ring (bicyclic) bond motifs is 5. The van der Waals surface area contributed by atoms with Crippen LogP contribution < -0.4 is 0 Å². The normalized spacial score (nSPS) is 12.2. The standard InChI is InChI=1S/C36H20O2.2CHCl3/c37-35-24-17-7-8-18-25(24)36(38)34-30(23-13-5-2-6-14-23)32-27-20-10-16-21-15-9-19-26(28(21)27)31(32)29(33(34)35)22-11-3-1-4-12-22;2*2-1(3)4/h1-20H;2*1H. The Kier molecular flexibility index (Phi) is 9.77. The molecule has 228 valence electrons. The van der Waals surface area contributed by atoms with Gasteiger partial charge in [-0.1, -0.05) is 191 Å². The van der Waals surface area contributed by atoms with Gasteiger partial charge in [-0.05, 0) is 44.2 Å². The van der Waals surface area contributed by atoms with Gasteiger partial charge in [-0.2, -0.15) is 0 Å². The Labute approximate surface area is 296 Å². The molecule has 0 saturated carbocycles. The Morgan fingerprint density at radius 2 is 0.674 bits per heavy atom. The Hall–Kier alpha value is -3.34. The summed E-state index contributed by atoms with van der Waals surface area (Å²) in [5.74, 6) is -0.200. The van der Waals surface area contributed by atoms with E-state index in [1.54, 1.807) is 12.1 Å². The van der Waals surface area contributed by atoms with E-state index < -0.39 is 8.59 Å². The molecule has 0 radical (unpaired) electrons. The van der Waals surface area contributed by atoms with Gasteiger partial charge in [0.1, 0.15) is 0 Å². The molecule has 0 aliphatic heterocycles. The van der Waals surface area contributed by atoms with Gasteiger partial charge < -0.3 is 0 Å². The van der Waals surface area contributed by atoms with Crippen molar-refractivity contribution in [3.05, 3.63) is 144 Å². The fourth-order valence-corrected chi connectivity index (χ4v) is 6.44. The van der Waals surface area contributed by atoms with Gasteiger partial charge in [0.2, 0.25) is 0 Å². The van der Waals surface area contributed by atoms with Crippen molar-refractivity contribution in [2.24, 2.45) is 0 Å². The van der Waals surface area contributed by atoms with Crippen molar-refractivity contribution in [1.29, 1.82) is 0 Å². The largest absolute Gasteiger partial charge is 0.289 e. The predicted octanol–water partition coefficient (Wildman–Crippen LogP) is 12.6. The first-order valence-electron chi connectivity index (χ1n) is 14.1. The lowest BCUT2D eigenvalue weighted by atomic mass is 9.73. The summed E-state index contributed by atoms with van der Waals surface area (Å²) >= 11 is 28.8. The lowest BCUT2D eigenvalue weighted by molar-refractivity contribution is 0.0980. The second-order valence-electron chi connectivity index (χ2n) is 10.4. The minimum Gasteiger partial charge on any atom is -0.289 e. The van der Waals surface area contributed by atoms with Gasteiger partial charge in [-0.15, -0.1) is 0 Å². The zero-order chi connectivity index (χ0) is 32.5. The molecule has 0 saturated heterocycles. The van der Waals surface area contributed by atoms with Crippen LogP contribution in [0.3, 0.4) is 0 Å². The van der Waals surface area contributed by atoms with Crippen molar-refractivity contribution in [3.8, 4) is 44.5 Å². The van der Waals surface area contributed by atoms with Gasteiger partial charge in [0.05, 0.1) is 0 Å². The Bertz CT molecular complexity index is 1960. The first-order chi connectivity index (χ1) is 22.2. The van der Waals surface area contributed by atoms with E-state index in [9.17, 15) is 9.59 Å². The maximum absolute atomic E-state index is 14.4. The highest BCUT2D eigenvalue weighted by atomic mass is 35.6. The van der Waals surface area contributed by atoms with Gasteiger partial charge in [0.25, 0.3) is 0 Å². The molecule has 0 atom stereocenters. The average molecular weight is 723 g/mol. The Morgan fingerprint density at radius 3 is 1.04 bits per heavy atom. The van der Waals surface area contributed by atoms with E-state index in [1.165, 1.54) is 5.39 Å². The van der Waals surface area contributed by atoms with Crippen LogP contribution in [0, 0.1) is 0 Å². The monoisotopic (exact) mass is 720 g/mol. The first-order valence-corrected chi connectivity index (χ1v) is 16.7. The molecule has 2 nitrogen and oxygen atoms in total. The topological polar surface area (TPSA) is 34.1 Å². The van der Waals surface area contributed by atoms with Crippen LogP contribution in [0.4, 0.5) is 0 Å². The average Bonchev–Trinajstić information content (AvgIpc) is 3.38. The van der Waals surface area contributed by atoms with Crippen molar-refractivity contribution >= 4 is 91.9 Å². The summed E-state index contributed by atoms with van der Waals surface area (Å²) in [4.78, 5) is 28.8. The number of hydrogen-bond donors (Lipinski definition) is 0. The van der Waals surface area contributed by atoms with Crippen LogP contribution in [0.1, 0.15) is 31.8 Å². The van der Waals surface area contributed by atoms with Crippen LogP contribution >= 0.6 is 69.6 Å². The van der Waals surface area contributed by atoms with E-state index in [0.29, 0.717) is 22.3 Å². The lowest BCUT2D eigenvalue weighted by Gasteiger charge is -2.27. The fourth-order valence-electron chi connectivity index (χ4n) is 6.44. The molecule has 8 heteroatoms. The predicted molar refractivity (Wildman–Crippen MR) is 195 cm³/mol. The molecule has 46 heavy (non-hydrogen) atoms. The fraction of sp³-hybridized carbons (Fsp3) is 0.0526. The van der Waals surface area contributed by atoms with Crippen molar-refractivity contribution in [2.75, 3.05) is 0 Å². The quantitative estimate of drug-likeness (QED) is 0.166. The minimum absolute atomic E-state index is 0.0998. The van der Waals surface area contributed by atoms with Gasteiger partial charge >= 0.3 is 0 Å². The molecule has 2 aliphatic rings. The zero-order valence-corrected chi connectivity index (χ0v) is 28.3. The molecule has 8 rings (SSSR count). The molecule has 0 fully saturated rings. The van der Waals surface area contributed by atoms with Crippen LogP contribution in [0.5, 0.6) is 0 Å². The van der Waals surface area contributed by atoms with E-state index >= 15 is 0 Å². The van der Waals surface area contributed by atoms with Crippen molar-refractivity contribution in [2.45, 2.75) is 8.59 Å². The highest BCUT2D eigenvalue weighted by Gasteiger charge is 2.40. The van der Waals surface area contributed by atoms with E-state index in [-0.39, 0.29) is 11.6 Å². The molecule has 0 N–H and O–H groups in total.